The monoisotopic (exact) mass is 223 g/mol. The fraction of sp³-hybridized carbons (Fsp3) is 0.636. The summed E-state index contributed by atoms with van der Waals surface area (Å²) >= 11 is 0. The molecule has 0 bridgehead atoms. The maximum absolute atomic E-state index is 11.5. The lowest BCUT2D eigenvalue weighted by Gasteiger charge is -2.22. The standard InChI is InChI=1S/C11H17N3O2/c1-16-5-4-11(15)13-9-3-2-8-7-12-14-10(8)6-9/h7,9H,2-6H2,1H3,(H,12,14)(H,13,15). The van der Waals surface area contributed by atoms with Crippen molar-refractivity contribution in [3.05, 3.63) is 17.5 Å². The topological polar surface area (TPSA) is 67.0 Å². The first kappa shape index (κ1) is 11.1. The highest BCUT2D eigenvalue weighted by Crippen LogP contribution is 2.18. The number of ether oxygens (including phenoxy) is 1. The summed E-state index contributed by atoms with van der Waals surface area (Å²) in [5.74, 6) is 0.0646. The van der Waals surface area contributed by atoms with Crippen LogP contribution in [0.3, 0.4) is 0 Å². The average Bonchev–Trinajstić information content (AvgIpc) is 2.73. The Labute approximate surface area is 94.6 Å². The zero-order valence-corrected chi connectivity index (χ0v) is 9.45. The van der Waals surface area contributed by atoms with E-state index in [1.807, 2.05) is 6.20 Å². The summed E-state index contributed by atoms with van der Waals surface area (Å²) in [5, 5.41) is 10.0. The summed E-state index contributed by atoms with van der Waals surface area (Å²) in [6.45, 7) is 0.480. The van der Waals surface area contributed by atoms with Gasteiger partial charge in [-0.25, -0.2) is 0 Å². The van der Waals surface area contributed by atoms with E-state index in [1.54, 1.807) is 7.11 Å². The summed E-state index contributed by atoms with van der Waals surface area (Å²) in [4.78, 5) is 11.5. The van der Waals surface area contributed by atoms with E-state index in [0.717, 1.165) is 25.0 Å². The Balaban J connectivity index is 1.82. The summed E-state index contributed by atoms with van der Waals surface area (Å²) in [6.07, 6.45) is 5.14. The van der Waals surface area contributed by atoms with Crippen LogP contribution in [0.2, 0.25) is 0 Å². The molecule has 1 aliphatic rings. The number of methoxy groups -OCH3 is 1. The lowest BCUT2D eigenvalue weighted by molar-refractivity contribution is -0.122. The van der Waals surface area contributed by atoms with Crippen molar-refractivity contribution in [1.82, 2.24) is 15.5 Å². The highest BCUT2D eigenvalue weighted by atomic mass is 16.5. The Morgan fingerprint density at radius 3 is 3.44 bits per heavy atom. The molecular weight excluding hydrogens is 206 g/mol. The van der Waals surface area contributed by atoms with Gasteiger partial charge in [-0.3, -0.25) is 9.89 Å². The maximum Gasteiger partial charge on any atom is 0.222 e. The van der Waals surface area contributed by atoms with Gasteiger partial charge in [0.15, 0.2) is 0 Å². The van der Waals surface area contributed by atoms with Crippen molar-refractivity contribution in [1.29, 1.82) is 0 Å². The molecular formula is C11H17N3O2. The van der Waals surface area contributed by atoms with Crippen LogP contribution in [0.1, 0.15) is 24.1 Å². The van der Waals surface area contributed by atoms with Gasteiger partial charge in [0.25, 0.3) is 0 Å². The SMILES string of the molecule is COCCC(=O)NC1CCc2cn[nH]c2C1. The van der Waals surface area contributed by atoms with Crippen molar-refractivity contribution in [3.8, 4) is 0 Å². The number of aryl methyl sites for hydroxylation is 1. The van der Waals surface area contributed by atoms with E-state index in [1.165, 1.54) is 5.56 Å². The highest BCUT2D eigenvalue weighted by Gasteiger charge is 2.21. The molecule has 1 aromatic rings. The van der Waals surface area contributed by atoms with Crippen LogP contribution < -0.4 is 5.32 Å². The molecule has 16 heavy (non-hydrogen) atoms. The Hall–Kier alpha value is -1.36. The van der Waals surface area contributed by atoms with Crippen LogP contribution in [0.15, 0.2) is 6.20 Å². The van der Waals surface area contributed by atoms with Crippen LogP contribution >= 0.6 is 0 Å². The van der Waals surface area contributed by atoms with Crippen molar-refractivity contribution >= 4 is 5.91 Å². The van der Waals surface area contributed by atoms with Crippen molar-refractivity contribution in [3.63, 3.8) is 0 Å². The minimum atomic E-state index is 0.0646. The number of nitrogens with zero attached hydrogens (tertiary/aromatic N) is 1. The number of hydrogen-bond donors (Lipinski definition) is 2. The van der Waals surface area contributed by atoms with Gasteiger partial charge in [0.2, 0.25) is 5.91 Å². The predicted octanol–water partition coefficient (Wildman–Crippen LogP) is 0.420. The molecule has 0 spiro atoms. The molecule has 0 saturated carbocycles. The third kappa shape index (κ3) is 2.61. The molecule has 1 atom stereocenters. The van der Waals surface area contributed by atoms with Gasteiger partial charge in [0.1, 0.15) is 0 Å². The van der Waals surface area contributed by atoms with E-state index in [2.05, 4.69) is 15.5 Å². The zero-order chi connectivity index (χ0) is 11.4. The minimum absolute atomic E-state index is 0.0646. The zero-order valence-electron chi connectivity index (χ0n) is 9.45. The number of aromatic amines is 1. The molecule has 0 fully saturated rings. The van der Waals surface area contributed by atoms with E-state index in [0.29, 0.717) is 13.0 Å². The number of rotatable bonds is 4. The third-order valence-corrected chi connectivity index (χ3v) is 2.92. The van der Waals surface area contributed by atoms with E-state index >= 15 is 0 Å². The van der Waals surface area contributed by atoms with Crippen LogP contribution in [-0.2, 0) is 22.4 Å². The Bertz CT molecular complexity index is 362. The summed E-state index contributed by atoms with van der Waals surface area (Å²) in [5.41, 5.74) is 2.44. The molecule has 0 aromatic carbocycles. The van der Waals surface area contributed by atoms with Crippen LogP contribution in [0.5, 0.6) is 0 Å². The molecule has 1 heterocycles. The second kappa shape index (κ2) is 5.12. The quantitative estimate of drug-likeness (QED) is 0.777. The van der Waals surface area contributed by atoms with Gasteiger partial charge in [-0.15, -0.1) is 0 Å². The van der Waals surface area contributed by atoms with E-state index < -0.39 is 0 Å². The van der Waals surface area contributed by atoms with Crippen molar-refractivity contribution in [2.75, 3.05) is 13.7 Å². The van der Waals surface area contributed by atoms with Gasteiger partial charge in [0.05, 0.1) is 12.8 Å². The smallest absolute Gasteiger partial charge is 0.222 e. The third-order valence-electron chi connectivity index (χ3n) is 2.92. The fourth-order valence-corrected chi connectivity index (χ4v) is 2.03. The Morgan fingerprint density at radius 2 is 2.62 bits per heavy atom. The first-order chi connectivity index (χ1) is 7.79. The molecule has 1 aromatic heterocycles. The van der Waals surface area contributed by atoms with Gasteiger partial charge < -0.3 is 10.1 Å². The molecule has 88 valence electrons. The predicted molar refractivity (Wildman–Crippen MR) is 59.0 cm³/mol. The van der Waals surface area contributed by atoms with E-state index in [-0.39, 0.29) is 11.9 Å². The van der Waals surface area contributed by atoms with Gasteiger partial charge in [-0.2, -0.15) is 5.10 Å². The van der Waals surface area contributed by atoms with Crippen LogP contribution in [0.25, 0.3) is 0 Å². The van der Waals surface area contributed by atoms with Crippen LogP contribution in [-0.4, -0.2) is 35.9 Å². The molecule has 1 unspecified atom stereocenters. The van der Waals surface area contributed by atoms with Gasteiger partial charge >= 0.3 is 0 Å². The van der Waals surface area contributed by atoms with Crippen LogP contribution in [0.4, 0.5) is 0 Å². The van der Waals surface area contributed by atoms with Crippen molar-refractivity contribution in [2.45, 2.75) is 31.7 Å². The molecule has 1 aliphatic carbocycles. The fourth-order valence-electron chi connectivity index (χ4n) is 2.03. The lowest BCUT2D eigenvalue weighted by Crippen LogP contribution is -2.39. The first-order valence-corrected chi connectivity index (χ1v) is 5.59. The van der Waals surface area contributed by atoms with Gasteiger partial charge in [0, 0.05) is 31.7 Å². The lowest BCUT2D eigenvalue weighted by atomic mass is 9.94. The maximum atomic E-state index is 11.5. The normalized spacial score (nSPS) is 19.2. The summed E-state index contributed by atoms with van der Waals surface area (Å²) in [7, 11) is 1.60. The molecule has 5 heteroatoms. The van der Waals surface area contributed by atoms with Crippen molar-refractivity contribution in [2.24, 2.45) is 0 Å². The number of fused-ring (bicyclic) bond motifs is 1. The highest BCUT2D eigenvalue weighted by molar-refractivity contribution is 5.76. The second-order valence-corrected chi connectivity index (χ2v) is 4.12. The number of carbonyl (C=O) groups is 1. The molecule has 5 nitrogen and oxygen atoms in total. The van der Waals surface area contributed by atoms with Gasteiger partial charge in [-0.1, -0.05) is 0 Å². The number of nitrogens with one attached hydrogen (secondary N) is 2. The first-order valence-electron chi connectivity index (χ1n) is 5.59. The average molecular weight is 223 g/mol. The minimum Gasteiger partial charge on any atom is -0.384 e. The van der Waals surface area contributed by atoms with E-state index in [4.69, 9.17) is 4.74 Å². The van der Waals surface area contributed by atoms with Gasteiger partial charge in [-0.05, 0) is 18.4 Å². The molecule has 0 saturated heterocycles. The molecule has 0 radical (unpaired) electrons. The largest absolute Gasteiger partial charge is 0.384 e. The van der Waals surface area contributed by atoms with E-state index in [9.17, 15) is 4.79 Å². The Kier molecular flexibility index (Phi) is 3.56. The Morgan fingerprint density at radius 1 is 1.75 bits per heavy atom. The molecule has 2 N–H and O–H groups in total. The molecule has 1 amide bonds. The molecule has 0 aliphatic heterocycles. The second-order valence-electron chi connectivity index (χ2n) is 4.12. The summed E-state index contributed by atoms with van der Waals surface area (Å²) in [6, 6.07) is 0.234. The van der Waals surface area contributed by atoms with Crippen LogP contribution in [0, 0.1) is 0 Å². The number of carbonyl (C=O) groups excluding carboxylic acids is 1. The molecule has 2 rings (SSSR count). The number of aromatic nitrogens is 2. The summed E-state index contributed by atoms with van der Waals surface area (Å²) < 4.78 is 4.87. The number of H-pyrrole nitrogens is 1. The number of hydrogen-bond acceptors (Lipinski definition) is 3. The van der Waals surface area contributed by atoms with Crippen molar-refractivity contribution < 1.29 is 9.53 Å². The number of amides is 1.